The SMILES string of the molecule is CCNC(=NCc1ccc(OCC(F)(F)F)cc1)NCc1ncc(C)s1. The molecule has 0 unspecified atom stereocenters. The summed E-state index contributed by atoms with van der Waals surface area (Å²) in [6, 6.07) is 6.41. The lowest BCUT2D eigenvalue weighted by molar-refractivity contribution is -0.153. The van der Waals surface area contributed by atoms with E-state index in [9.17, 15) is 13.2 Å². The molecular weight excluding hydrogens is 365 g/mol. The van der Waals surface area contributed by atoms with Crippen molar-refractivity contribution in [3.8, 4) is 5.75 Å². The number of nitrogens with zero attached hydrogens (tertiary/aromatic N) is 2. The fraction of sp³-hybridized carbons (Fsp3) is 0.412. The summed E-state index contributed by atoms with van der Waals surface area (Å²) in [6.07, 6.45) is -2.51. The molecule has 0 saturated heterocycles. The molecule has 1 aromatic carbocycles. The molecule has 0 aliphatic carbocycles. The number of benzene rings is 1. The zero-order valence-electron chi connectivity index (χ0n) is 14.6. The molecule has 2 aromatic rings. The zero-order chi connectivity index (χ0) is 19.0. The van der Waals surface area contributed by atoms with Crippen LogP contribution in [0, 0.1) is 6.92 Å². The van der Waals surface area contributed by atoms with E-state index in [1.54, 1.807) is 23.5 Å². The van der Waals surface area contributed by atoms with E-state index in [1.807, 2.05) is 20.0 Å². The molecule has 5 nitrogen and oxygen atoms in total. The van der Waals surface area contributed by atoms with Gasteiger partial charge in [0.2, 0.25) is 0 Å². The van der Waals surface area contributed by atoms with E-state index < -0.39 is 12.8 Å². The molecule has 0 amide bonds. The van der Waals surface area contributed by atoms with Gasteiger partial charge in [0.05, 0.1) is 13.1 Å². The third-order valence-electron chi connectivity index (χ3n) is 3.17. The standard InChI is InChI=1S/C17H21F3N4OS/c1-3-21-16(24-10-15-22-8-12(2)26-15)23-9-13-4-6-14(7-5-13)25-11-17(18,19)20/h4-8H,3,9-11H2,1-2H3,(H2,21,23,24). The van der Waals surface area contributed by atoms with Crippen LogP contribution < -0.4 is 15.4 Å². The molecule has 0 radical (unpaired) electrons. The summed E-state index contributed by atoms with van der Waals surface area (Å²) in [7, 11) is 0. The van der Waals surface area contributed by atoms with Gasteiger partial charge in [0.1, 0.15) is 10.8 Å². The molecule has 0 aliphatic heterocycles. The van der Waals surface area contributed by atoms with Crippen molar-refractivity contribution >= 4 is 17.3 Å². The van der Waals surface area contributed by atoms with Crippen LogP contribution in [0.3, 0.4) is 0 Å². The van der Waals surface area contributed by atoms with Crippen LogP contribution in [0.4, 0.5) is 13.2 Å². The van der Waals surface area contributed by atoms with Crippen LogP contribution in [-0.2, 0) is 13.1 Å². The number of hydrogen-bond acceptors (Lipinski definition) is 4. The number of guanidine groups is 1. The van der Waals surface area contributed by atoms with Crippen LogP contribution in [-0.4, -0.2) is 30.3 Å². The topological polar surface area (TPSA) is 58.5 Å². The van der Waals surface area contributed by atoms with Gasteiger partial charge in [0.25, 0.3) is 0 Å². The molecule has 142 valence electrons. The van der Waals surface area contributed by atoms with Crippen LogP contribution >= 0.6 is 11.3 Å². The largest absolute Gasteiger partial charge is 0.484 e. The summed E-state index contributed by atoms with van der Waals surface area (Å²) in [6.45, 7) is 4.36. The molecule has 0 bridgehead atoms. The first-order valence-electron chi connectivity index (χ1n) is 8.07. The zero-order valence-corrected chi connectivity index (χ0v) is 15.4. The number of aliphatic imine (C=N–C) groups is 1. The van der Waals surface area contributed by atoms with E-state index in [0.717, 1.165) is 15.4 Å². The predicted molar refractivity (Wildman–Crippen MR) is 96.5 cm³/mol. The molecule has 0 spiro atoms. The lowest BCUT2D eigenvalue weighted by Crippen LogP contribution is -2.36. The summed E-state index contributed by atoms with van der Waals surface area (Å²) < 4.78 is 41.1. The Kier molecular flexibility index (Phi) is 7.26. The van der Waals surface area contributed by atoms with Gasteiger partial charge in [-0.3, -0.25) is 0 Å². The highest BCUT2D eigenvalue weighted by atomic mass is 32.1. The third kappa shape index (κ3) is 7.30. The molecule has 0 saturated carbocycles. The maximum atomic E-state index is 12.1. The van der Waals surface area contributed by atoms with E-state index in [2.05, 4.69) is 25.3 Å². The minimum atomic E-state index is -4.34. The molecule has 1 heterocycles. The van der Waals surface area contributed by atoms with E-state index in [1.165, 1.54) is 12.1 Å². The van der Waals surface area contributed by atoms with E-state index >= 15 is 0 Å². The Morgan fingerprint density at radius 1 is 1.23 bits per heavy atom. The average Bonchev–Trinajstić information content (AvgIpc) is 3.01. The molecule has 0 atom stereocenters. The number of halogens is 3. The summed E-state index contributed by atoms with van der Waals surface area (Å²) >= 11 is 1.62. The second-order valence-electron chi connectivity index (χ2n) is 5.46. The molecule has 2 rings (SSSR count). The lowest BCUT2D eigenvalue weighted by atomic mass is 10.2. The van der Waals surface area contributed by atoms with Crippen LogP contribution in [0.1, 0.15) is 22.4 Å². The number of aryl methyl sites for hydroxylation is 1. The van der Waals surface area contributed by atoms with Crippen molar-refractivity contribution in [2.75, 3.05) is 13.2 Å². The van der Waals surface area contributed by atoms with Gasteiger partial charge in [0, 0.05) is 17.6 Å². The highest BCUT2D eigenvalue weighted by Crippen LogP contribution is 2.19. The third-order valence-corrected chi connectivity index (χ3v) is 4.08. The van der Waals surface area contributed by atoms with Crippen molar-refractivity contribution in [3.05, 3.63) is 45.9 Å². The number of nitrogens with one attached hydrogen (secondary N) is 2. The molecule has 1 aromatic heterocycles. The number of hydrogen-bond donors (Lipinski definition) is 2. The smallest absolute Gasteiger partial charge is 0.422 e. The Morgan fingerprint density at radius 3 is 2.54 bits per heavy atom. The first kappa shape index (κ1) is 20.0. The molecule has 26 heavy (non-hydrogen) atoms. The second kappa shape index (κ2) is 9.42. The molecule has 0 fully saturated rings. The molecular formula is C17H21F3N4OS. The normalized spacial score (nSPS) is 12.1. The van der Waals surface area contributed by atoms with Crippen molar-refractivity contribution in [3.63, 3.8) is 0 Å². The first-order chi connectivity index (χ1) is 12.4. The summed E-state index contributed by atoms with van der Waals surface area (Å²) in [4.78, 5) is 9.91. The van der Waals surface area contributed by atoms with Crippen LogP contribution in [0.25, 0.3) is 0 Å². The van der Waals surface area contributed by atoms with Gasteiger partial charge in [-0.05, 0) is 31.5 Å². The van der Waals surface area contributed by atoms with Gasteiger partial charge in [-0.2, -0.15) is 13.2 Å². The summed E-state index contributed by atoms with van der Waals surface area (Å²) in [5.41, 5.74) is 0.867. The van der Waals surface area contributed by atoms with E-state index in [-0.39, 0.29) is 5.75 Å². The van der Waals surface area contributed by atoms with Crippen molar-refractivity contribution in [2.24, 2.45) is 4.99 Å². The number of thiazole rings is 1. The Balaban J connectivity index is 1.89. The molecule has 0 aliphatic rings. The summed E-state index contributed by atoms with van der Waals surface area (Å²) in [5, 5.41) is 7.32. The van der Waals surface area contributed by atoms with E-state index in [4.69, 9.17) is 0 Å². The van der Waals surface area contributed by atoms with Crippen LogP contribution in [0.15, 0.2) is 35.5 Å². The second-order valence-corrected chi connectivity index (χ2v) is 6.78. The predicted octanol–water partition coefficient (Wildman–Crippen LogP) is 3.65. The Labute approximate surface area is 154 Å². The number of ether oxygens (including phenoxy) is 1. The van der Waals surface area contributed by atoms with Gasteiger partial charge < -0.3 is 15.4 Å². The maximum Gasteiger partial charge on any atom is 0.422 e. The Morgan fingerprint density at radius 2 is 1.96 bits per heavy atom. The fourth-order valence-electron chi connectivity index (χ4n) is 2.01. The Hall–Kier alpha value is -2.29. The van der Waals surface area contributed by atoms with Crippen molar-refractivity contribution in [1.82, 2.24) is 15.6 Å². The van der Waals surface area contributed by atoms with Gasteiger partial charge in [-0.15, -0.1) is 11.3 Å². The fourth-order valence-corrected chi connectivity index (χ4v) is 2.74. The highest BCUT2D eigenvalue weighted by Gasteiger charge is 2.28. The van der Waals surface area contributed by atoms with E-state index in [0.29, 0.717) is 25.6 Å². The van der Waals surface area contributed by atoms with Crippen molar-refractivity contribution in [1.29, 1.82) is 0 Å². The van der Waals surface area contributed by atoms with Crippen molar-refractivity contribution < 1.29 is 17.9 Å². The van der Waals surface area contributed by atoms with Gasteiger partial charge in [-0.1, -0.05) is 12.1 Å². The highest BCUT2D eigenvalue weighted by molar-refractivity contribution is 7.11. The molecule has 9 heteroatoms. The van der Waals surface area contributed by atoms with Crippen LogP contribution in [0.2, 0.25) is 0 Å². The minimum Gasteiger partial charge on any atom is -0.484 e. The van der Waals surface area contributed by atoms with Gasteiger partial charge in [-0.25, -0.2) is 9.98 Å². The lowest BCUT2D eigenvalue weighted by Gasteiger charge is -2.11. The number of alkyl halides is 3. The maximum absolute atomic E-state index is 12.1. The average molecular weight is 386 g/mol. The monoisotopic (exact) mass is 386 g/mol. The minimum absolute atomic E-state index is 0.180. The number of rotatable bonds is 7. The summed E-state index contributed by atoms with van der Waals surface area (Å²) in [5.74, 6) is 0.831. The van der Waals surface area contributed by atoms with Crippen LogP contribution in [0.5, 0.6) is 5.75 Å². The van der Waals surface area contributed by atoms with Crippen molar-refractivity contribution in [2.45, 2.75) is 33.1 Å². The van der Waals surface area contributed by atoms with Gasteiger partial charge in [0.15, 0.2) is 12.6 Å². The molecule has 2 N–H and O–H groups in total. The first-order valence-corrected chi connectivity index (χ1v) is 8.89. The Bertz CT molecular complexity index is 714. The quantitative estimate of drug-likeness (QED) is 0.563. The van der Waals surface area contributed by atoms with Gasteiger partial charge >= 0.3 is 6.18 Å². The number of aromatic nitrogens is 1.